The molecule has 0 aliphatic carbocycles. The minimum absolute atomic E-state index is 0.281. The van der Waals surface area contributed by atoms with Crippen molar-refractivity contribution in [1.29, 1.82) is 0 Å². The Morgan fingerprint density at radius 1 is 1.48 bits per heavy atom. The second kappa shape index (κ2) is 7.77. The summed E-state index contributed by atoms with van der Waals surface area (Å²) in [6.45, 7) is 6.45. The van der Waals surface area contributed by atoms with Crippen molar-refractivity contribution in [3.63, 3.8) is 0 Å². The van der Waals surface area contributed by atoms with Crippen molar-refractivity contribution in [2.45, 2.75) is 19.0 Å². The van der Waals surface area contributed by atoms with Crippen LogP contribution in [0.25, 0.3) is 0 Å². The highest BCUT2D eigenvalue weighted by Gasteiger charge is 2.22. The molecule has 118 valence electrons. The van der Waals surface area contributed by atoms with E-state index in [1.54, 1.807) is 11.3 Å². The van der Waals surface area contributed by atoms with Crippen molar-refractivity contribution in [3.05, 3.63) is 22.4 Å². The summed E-state index contributed by atoms with van der Waals surface area (Å²) >= 11 is 1.77. The van der Waals surface area contributed by atoms with E-state index in [0.29, 0.717) is 6.04 Å². The Morgan fingerprint density at radius 2 is 2.29 bits per heavy atom. The molecule has 0 radical (unpaired) electrons. The molecule has 1 aliphatic heterocycles. The highest BCUT2D eigenvalue weighted by molar-refractivity contribution is 7.10. The molecule has 2 atom stereocenters. The third kappa shape index (κ3) is 4.69. The van der Waals surface area contributed by atoms with Crippen LogP contribution in [-0.4, -0.2) is 69.1 Å². The van der Waals surface area contributed by atoms with E-state index in [9.17, 15) is 0 Å². The second-order valence-electron chi connectivity index (χ2n) is 5.73. The number of nitrogens with zero attached hydrogens (tertiary/aromatic N) is 3. The molecule has 1 aromatic heterocycles. The molecule has 5 nitrogen and oxygen atoms in total. The number of likely N-dealkylation sites (N-methyl/N-ethyl adjacent to an activating group) is 2. The number of rotatable bonds is 4. The summed E-state index contributed by atoms with van der Waals surface area (Å²) in [7, 11) is 6.21. The quantitative estimate of drug-likeness (QED) is 0.648. The van der Waals surface area contributed by atoms with Gasteiger partial charge in [0.15, 0.2) is 5.96 Å². The third-order valence-corrected chi connectivity index (χ3v) is 5.09. The fourth-order valence-corrected chi connectivity index (χ4v) is 3.28. The molecule has 2 heterocycles. The van der Waals surface area contributed by atoms with E-state index in [0.717, 1.165) is 32.1 Å². The van der Waals surface area contributed by atoms with Crippen LogP contribution in [0.4, 0.5) is 0 Å². The van der Waals surface area contributed by atoms with Crippen molar-refractivity contribution in [2.24, 2.45) is 4.99 Å². The fraction of sp³-hybridized carbons (Fsp3) is 0.667. The lowest BCUT2D eigenvalue weighted by atomic mass is 10.2. The van der Waals surface area contributed by atoms with Gasteiger partial charge in [0.05, 0.1) is 6.04 Å². The van der Waals surface area contributed by atoms with Gasteiger partial charge in [-0.3, -0.25) is 9.89 Å². The summed E-state index contributed by atoms with van der Waals surface area (Å²) in [4.78, 5) is 10.5. The van der Waals surface area contributed by atoms with Crippen LogP contribution in [0, 0.1) is 0 Å². The average Bonchev–Trinajstić information content (AvgIpc) is 3.00. The number of hydrogen-bond acceptors (Lipinski definition) is 4. The number of guanidine groups is 1. The Balaban J connectivity index is 1.82. The van der Waals surface area contributed by atoms with Crippen molar-refractivity contribution in [1.82, 2.24) is 20.4 Å². The number of nitrogens with one attached hydrogen (secondary N) is 2. The van der Waals surface area contributed by atoms with Crippen molar-refractivity contribution in [3.8, 4) is 0 Å². The summed E-state index contributed by atoms with van der Waals surface area (Å²) < 4.78 is 0. The summed E-state index contributed by atoms with van der Waals surface area (Å²) in [6.07, 6.45) is 0. The molecule has 1 saturated heterocycles. The maximum Gasteiger partial charge on any atom is 0.191 e. The lowest BCUT2D eigenvalue weighted by Gasteiger charge is -2.38. The minimum atomic E-state index is 0.281. The average molecular weight is 309 g/mol. The van der Waals surface area contributed by atoms with E-state index in [1.165, 1.54) is 4.88 Å². The Bertz CT molecular complexity index is 445. The van der Waals surface area contributed by atoms with Gasteiger partial charge in [-0.1, -0.05) is 6.07 Å². The topological polar surface area (TPSA) is 42.9 Å². The van der Waals surface area contributed by atoms with Gasteiger partial charge in [0.2, 0.25) is 0 Å². The summed E-state index contributed by atoms with van der Waals surface area (Å²) in [5.74, 6) is 0.873. The first kappa shape index (κ1) is 16.3. The van der Waals surface area contributed by atoms with Gasteiger partial charge in [0.1, 0.15) is 0 Å². The number of piperazine rings is 1. The zero-order valence-corrected chi connectivity index (χ0v) is 14.3. The molecular formula is C15H27N5S. The molecule has 0 aromatic carbocycles. The summed E-state index contributed by atoms with van der Waals surface area (Å²) in [5, 5.41) is 9.02. The molecular weight excluding hydrogens is 282 g/mol. The van der Waals surface area contributed by atoms with Gasteiger partial charge < -0.3 is 15.5 Å². The Kier molecular flexibility index (Phi) is 6.02. The van der Waals surface area contributed by atoms with Crippen LogP contribution in [0.3, 0.4) is 0 Å². The molecule has 0 saturated carbocycles. The van der Waals surface area contributed by atoms with Crippen molar-refractivity contribution < 1.29 is 0 Å². The van der Waals surface area contributed by atoms with Crippen LogP contribution in [-0.2, 0) is 0 Å². The third-order valence-electron chi connectivity index (χ3n) is 4.03. The van der Waals surface area contributed by atoms with Crippen LogP contribution >= 0.6 is 11.3 Å². The maximum absolute atomic E-state index is 4.33. The van der Waals surface area contributed by atoms with E-state index in [-0.39, 0.29) is 6.04 Å². The molecule has 2 N–H and O–H groups in total. The maximum atomic E-state index is 4.33. The van der Waals surface area contributed by atoms with Crippen molar-refractivity contribution in [2.75, 3.05) is 47.3 Å². The van der Waals surface area contributed by atoms with Gasteiger partial charge in [-0.2, -0.15) is 0 Å². The smallest absolute Gasteiger partial charge is 0.191 e. The lowest BCUT2D eigenvalue weighted by Crippen LogP contribution is -2.55. The number of aliphatic imine (C=N–C) groups is 1. The van der Waals surface area contributed by atoms with Crippen LogP contribution in [0.1, 0.15) is 17.8 Å². The van der Waals surface area contributed by atoms with Crippen LogP contribution < -0.4 is 10.6 Å². The minimum Gasteiger partial charge on any atom is -0.355 e. The van der Waals surface area contributed by atoms with E-state index in [1.807, 2.05) is 7.05 Å². The van der Waals surface area contributed by atoms with Gasteiger partial charge >= 0.3 is 0 Å². The first-order chi connectivity index (χ1) is 10.1. The van der Waals surface area contributed by atoms with Crippen molar-refractivity contribution >= 4 is 17.3 Å². The monoisotopic (exact) mass is 309 g/mol. The molecule has 1 fully saturated rings. The molecule has 1 aliphatic rings. The lowest BCUT2D eigenvalue weighted by molar-refractivity contribution is 0.116. The Morgan fingerprint density at radius 3 is 2.95 bits per heavy atom. The summed E-state index contributed by atoms with van der Waals surface area (Å²) in [5.41, 5.74) is 0. The van der Waals surface area contributed by atoms with Gasteiger partial charge in [-0.05, 0) is 32.5 Å². The van der Waals surface area contributed by atoms with Gasteiger partial charge in [0, 0.05) is 44.1 Å². The van der Waals surface area contributed by atoms with E-state index < -0.39 is 0 Å². The number of hydrogen-bond donors (Lipinski definition) is 2. The van der Waals surface area contributed by atoms with Gasteiger partial charge in [-0.25, -0.2) is 0 Å². The Labute approximate surface area is 132 Å². The zero-order valence-electron chi connectivity index (χ0n) is 13.5. The molecule has 2 rings (SSSR count). The zero-order chi connectivity index (χ0) is 15.2. The van der Waals surface area contributed by atoms with Crippen LogP contribution in [0.15, 0.2) is 22.5 Å². The van der Waals surface area contributed by atoms with E-state index >= 15 is 0 Å². The predicted octanol–water partition coefficient (Wildman–Crippen LogP) is 1.22. The molecule has 2 unspecified atom stereocenters. The highest BCUT2D eigenvalue weighted by atomic mass is 32.1. The SMILES string of the molecule is CN=C(NCC1CN(C)CCN1C)NC(C)c1cccs1. The normalized spacial score (nSPS) is 23.0. The number of thiophene rings is 1. The van der Waals surface area contributed by atoms with Crippen LogP contribution in [0.2, 0.25) is 0 Å². The first-order valence-corrected chi connectivity index (χ1v) is 8.37. The molecule has 1 aromatic rings. The van der Waals surface area contributed by atoms with E-state index in [4.69, 9.17) is 0 Å². The second-order valence-corrected chi connectivity index (χ2v) is 6.71. The van der Waals surface area contributed by atoms with Gasteiger partial charge in [0.25, 0.3) is 0 Å². The van der Waals surface area contributed by atoms with E-state index in [2.05, 4.69) is 64.0 Å². The molecule has 21 heavy (non-hydrogen) atoms. The standard InChI is InChI=1S/C15H27N5S/c1-12(14-6-5-9-21-14)18-15(16-2)17-10-13-11-19(3)7-8-20(13)4/h5-6,9,12-13H,7-8,10-11H2,1-4H3,(H2,16,17,18). The largest absolute Gasteiger partial charge is 0.355 e. The predicted molar refractivity (Wildman–Crippen MR) is 91.1 cm³/mol. The summed E-state index contributed by atoms with van der Waals surface area (Å²) in [6, 6.07) is 5.04. The first-order valence-electron chi connectivity index (χ1n) is 7.49. The van der Waals surface area contributed by atoms with Gasteiger partial charge in [-0.15, -0.1) is 11.3 Å². The molecule has 0 spiro atoms. The molecule has 0 amide bonds. The Hall–Kier alpha value is -1.11. The van der Waals surface area contributed by atoms with Crippen LogP contribution in [0.5, 0.6) is 0 Å². The molecule has 6 heteroatoms. The molecule has 0 bridgehead atoms. The highest BCUT2D eigenvalue weighted by Crippen LogP contribution is 2.17. The fourth-order valence-electron chi connectivity index (χ4n) is 2.54.